The van der Waals surface area contributed by atoms with Crippen LogP contribution in [0, 0.1) is 18.6 Å². The van der Waals surface area contributed by atoms with Crippen LogP contribution in [0.1, 0.15) is 12.5 Å². The maximum Gasteiger partial charge on any atom is 0.223 e. The lowest BCUT2D eigenvalue weighted by molar-refractivity contribution is 0.577. The second-order valence-electron chi connectivity index (χ2n) is 3.89. The van der Waals surface area contributed by atoms with Gasteiger partial charge in [-0.25, -0.2) is 18.7 Å². The summed E-state index contributed by atoms with van der Waals surface area (Å²) >= 11 is 1.09. The summed E-state index contributed by atoms with van der Waals surface area (Å²) in [6, 6.07) is 3.37. The molecule has 0 bridgehead atoms. The summed E-state index contributed by atoms with van der Waals surface area (Å²) in [4.78, 5) is 8.60. The minimum absolute atomic E-state index is 0.212. The summed E-state index contributed by atoms with van der Waals surface area (Å²) in [7, 11) is 0. The van der Waals surface area contributed by atoms with E-state index >= 15 is 0 Å². The third-order valence-corrected chi connectivity index (χ3v) is 3.50. The first-order valence-electron chi connectivity index (χ1n) is 5.80. The van der Waals surface area contributed by atoms with Crippen LogP contribution in [0.15, 0.2) is 34.3 Å². The Balaban J connectivity index is 2.31. The van der Waals surface area contributed by atoms with Crippen LogP contribution in [0.25, 0.3) is 0 Å². The molecule has 0 saturated carbocycles. The third-order valence-electron chi connectivity index (χ3n) is 2.36. The van der Waals surface area contributed by atoms with Gasteiger partial charge in [0, 0.05) is 18.3 Å². The molecule has 2 aromatic rings. The van der Waals surface area contributed by atoms with Gasteiger partial charge >= 0.3 is 0 Å². The molecule has 1 aromatic carbocycles. The monoisotopic (exact) mass is 281 g/mol. The number of aryl methyl sites for hydroxylation is 1. The Kier molecular flexibility index (Phi) is 4.31. The maximum atomic E-state index is 13.6. The van der Waals surface area contributed by atoms with Crippen molar-refractivity contribution in [3.8, 4) is 0 Å². The maximum absolute atomic E-state index is 13.6. The smallest absolute Gasteiger partial charge is 0.223 e. The standard InChI is InChI=1S/C13H13F2N3S/c1-3-16-13-17-7-8(2)12(18-13)19-11-6-9(14)4-5-10(11)15/h4-7H,3H2,1-2H3,(H,16,17,18). The Labute approximate surface area is 114 Å². The largest absolute Gasteiger partial charge is 0.354 e. The van der Waals surface area contributed by atoms with Crippen molar-refractivity contribution in [1.29, 1.82) is 0 Å². The molecule has 0 aliphatic rings. The minimum atomic E-state index is -0.470. The molecule has 6 heteroatoms. The SMILES string of the molecule is CCNc1ncc(C)c(Sc2cc(F)ccc2F)n1. The van der Waals surface area contributed by atoms with Gasteiger partial charge in [0.05, 0.1) is 4.90 Å². The van der Waals surface area contributed by atoms with E-state index in [0.717, 1.165) is 35.5 Å². The topological polar surface area (TPSA) is 37.8 Å². The molecule has 19 heavy (non-hydrogen) atoms. The lowest BCUT2D eigenvalue weighted by atomic mass is 10.3. The Bertz CT molecular complexity index is 590. The number of hydrogen-bond acceptors (Lipinski definition) is 4. The first-order valence-corrected chi connectivity index (χ1v) is 6.62. The summed E-state index contributed by atoms with van der Waals surface area (Å²) in [5.41, 5.74) is 0.815. The van der Waals surface area contributed by atoms with Gasteiger partial charge in [-0.15, -0.1) is 0 Å². The summed E-state index contributed by atoms with van der Waals surface area (Å²) in [5.74, 6) is -0.454. The van der Waals surface area contributed by atoms with Crippen molar-refractivity contribution < 1.29 is 8.78 Å². The Morgan fingerprint density at radius 1 is 1.32 bits per heavy atom. The normalized spacial score (nSPS) is 10.5. The fourth-order valence-electron chi connectivity index (χ4n) is 1.43. The number of hydrogen-bond donors (Lipinski definition) is 1. The van der Waals surface area contributed by atoms with E-state index in [0.29, 0.717) is 17.5 Å². The molecule has 2 rings (SSSR count). The highest BCUT2D eigenvalue weighted by Gasteiger charge is 2.10. The van der Waals surface area contributed by atoms with Crippen LogP contribution >= 0.6 is 11.8 Å². The van der Waals surface area contributed by atoms with Gasteiger partial charge in [-0.05, 0) is 32.0 Å². The number of nitrogens with one attached hydrogen (secondary N) is 1. The van der Waals surface area contributed by atoms with E-state index in [1.165, 1.54) is 0 Å². The highest BCUT2D eigenvalue weighted by atomic mass is 32.2. The van der Waals surface area contributed by atoms with Crippen molar-refractivity contribution in [2.45, 2.75) is 23.8 Å². The Morgan fingerprint density at radius 2 is 2.11 bits per heavy atom. The van der Waals surface area contributed by atoms with Gasteiger partial charge in [-0.2, -0.15) is 0 Å². The summed E-state index contributed by atoms with van der Waals surface area (Å²) in [5, 5.41) is 3.59. The second kappa shape index (κ2) is 5.97. The highest BCUT2D eigenvalue weighted by molar-refractivity contribution is 7.99. The van der Waals surface area contributed by atoms with Crippen LogP contribution in [0.3, 0.4) is 0 Å². The van der Waals surface area contributed by atoms with Crippen molar-refractivity contribution in [3.63, 3.8) is 0 Å². The lowest BCUT2D eigenvalue weighted by Crippen LogP contribution is -2.03. The lowest BCUT2D eigenvalue weighted by Gasteiger charge is -2.08. The molecule has 1 aromatic heterocycles. The van der Waals surface area contributed by atoms with Crippen LogP contribution in [0.5, 0.6) is 0 Å². The van der Waals surface area contributed by atoms with E-state index in [1.807, 2.05) is 13.8 Å². The fourth-order valence-corrected chi connectivity index (χ4v) is 2.32. The molecule has 1 N–H and O–H groups in total. The second-order valence-corrected chi connectivity index (χ2v) is 4.92. The fraction of sp³-hybridized carbons (Fsp3) is 0.231. The van der Waals surface area contributed by atoms with Gasteiger partial charge in [0.1, 0.15) is 16.7 Å². The Hall–Kier alpha value is -1.69. The molecule has 0 aliphatic heterocycles. The van der Waals surface area contributed by atoms with E-state index in [9.17, 15) is 8.78 Å². The highest BCUT2D eigenvalue weighted by Crippen LogP contribution is 2.31. The molecule has 0 aliphatic carbocycles. The number of rotatable bonds is 4. The van der Waals surface area contributed by atoms with Gasteiger partial charge in [0.25, 0.3) is 0 Å². The van der Waals surface area contributed by atoms with E-state index in [1.54, 1.807) is 6.20 Å². The van der Waals surface area contributed by atoms with Gasteiger partial charge in [-0.1, -0.05) is 11.8 Å². The average Bonchev–Trinajstić information content (AvgIpc) is 2.38. The molecule has 0 spiro atoms. The number of halogens is 2. The average molecular weight is 281 g/mol. The molecular weight excluding hydrogens is 268 g/mol. The number of nitrogens with zero attached hydrogens (tertiary/aromatic N) is 2. The van der Waals surface area contributed by atoms with Crippen LogP contribution in [-0.4, -0.2) is 16.5 Å². The number of benzene rings is 1. The zero-order valence-electron chi connectivity index (χ0n) is 10.6. The first kappa shape index (κ1) is 13.7. The van der Waals surface area contributed by atoms with Crippen molar-refractivity contribution in [2.75, 3.05) is 11.9 Å². The molecule has 1 heterocycles. The van der Waals surface area contributed by atoms with Crippen LogP contribution in [-0.2, 0) is 0 Å². The molecule has 0 unspecified atom stereocenters. The van der Waals surface area contributed by atoms with Gasteiger partial charge in [-0.3, -0.25) is 0 Å². The molecule has 0 atom stereocenters. The Morgan fingerprint density at radius 3 is 2.84 bits per heavy atom. The zero-order valence-corrected chi connectivity index (χ0v) is 11.4. The van der Waals surface area contributed by atoms with Crippen molar-refractivity contribution in [3.05, 3.63) is 41.6 Å². The van der Waals surface area contributed by atoms with Crippen LogP contribution < -0.4 is 5.32 Å². The van der Waals surface area contributed by atoms with E-state index < -0.39 is 11.6 Å². The predicted molar refractivity (Wildman–Crippen MR) is 71.4 cm³/mol. The molecule has 0 amide bonds. The van der Waals surface area contributed by atoms with Crippen molar-refractivity contribution in [1.82, 2.24) is 9.97 Å². The summed E-state index contributed by atoms with van der Waals surface area (Å²) < 4.78 is 26.7. The van der Waals surface area contributed by atoms with Crippen LogP contribution in [0.4, 0.5) is 14.7 Å². The molecule has 3 nitrogen and oxygen atoms in total. The van der Waals surface area contributed by atoms with Gasteiger partial charge in [0.15, 0.2) is 0 Å². The zero-order chi connectivity index (χ0) is 13.8. The first-order chi connectivity index (χ1) is 9.10. The molecular formula is C13H13F2N3S. The van der Waals surface area contributed by atoms with E-state index in [-0.39, 0.29) is 4.90 Å². The van der Waals surface area contributed by atoms with Crippen molar-refractivity contribution in [2.24, 2.45) is 0 Å². The van der Waals surface area contributed by atoms with Gasteiger partial charge < -0.3 is 5.32 Å². The number of aromatic nitrogens is 2. The molecule has 100 valence electrons. The van der Waals surface area contributed by atoms with Crippen LogP contribution in [0.2, 0.25) is 0 Å². The quantitative estimate of drug-likeness (QED) is 0.868. The minimum Gasteiger partial charge on any atom is -0.354 e. The third kappa shape index (κ3) is 3.41. The molecule has 0 saturated heterocycles. The van der Waals surface area contributed by atoms with E-state index in [4.69, 9.17) is 0 Å². The molecule has 0 fully saturated rings. The van der Waals surface area contributed by atoms with E-state index in [2.05, 4.69) is 15.3 Å². The van der Waals surface area contributed by atoms with Gasteiger partial charge in [0.2, 0.25) is 5.95 Å². The summed E-state index contributed by atoms with van der Waals surface area (Å²) in [6.07, 6.45) is 1.66. The summed E-state index contributed by atoms with van der Waals surface area (Å²) in [6.45, 7) is 4.46. The van der Waals surface area contributed by atoms with Crippen molar-refractivity contribution >= 4 is 17.7 Å². The number of anilines is 1. The molecule has 0 radical (unpaired) electrons. The predicted octanol–water partition coefficient (Wildman–Crippen LogP) is 3.65.